The summed E-state index contributed by atoms with van der Waals surface area (Å²) in [5, 5.41) is 2.83. The average molecular weight is 325 g/mol. The Hall–Kier alpha value is -1.65. The van der Waals surface area contributed by atoms with E-state index in [4.69, 9.17) is 4.74 Å². The van der Waals surface area contributed by atoms with Crippen LogP contribution in [-0.2, 0) is 19.1 Å². The predicted molar refractivity (Wildman–Crippen MR) is 90.9 cm³/mol. The van der Waals surface area contributed by atoms with Crippen molar-refractivity contribution < 1.29 is 19.1 Å². The number of hydrogen-bond acceptors (Lipinski definition) is 4. The topological polar surface area (TPSA) is 72.5 Å². The van der Waals surface area contributed by atoms with Crippen molar-refractivity contribution in [2.45, 2.75) is 78.9 Å². The molecule has 0 aromatic heterocycles. The van der Waals surface area contributed by atoms with Crippen LogP contribution in [0.25, 0.3) is 0 Å². The number of rotatable bonds is 8. The van der Waals surface area contributed by atoms with Gasteiger partial charge in [-0.1, -0.05) is 6.58 Å². The molecular formula is C18H31NO4. The first kappa shape index (κ1) is 21.4. The molecule has 0 radical (unpaired) electrons. The standard InChI is InChI=1S/C18H31NO4/c1-9-14(21)19-17(6,7)11-10-12-18(8,13(2)20)15(22)23-16(3,4)5/h9H,1,10-12H2,2-8H3,(H,19,21). The van der Waals surface area contributed by atoms with Crippen LogP contribution in [0.3, 0.4) is 0 Å². The number of Topliss-reactive ketones (excluding diaryl/α,β-unsaturated/α-hetero) is 1. The van der Waals surface area contributed by atoms with Gasteiger partial charge in [0.05, 0.1) is 0 Å². The van der Waals surface area contributed by atoms with Crippen LogP contribution in [0.4, 0.5) is 0 Å². The molecule has 5 nitrogen and oxygen atoms in total. The van der Waals surface area contributed by atoms with Crippen molar-refractivity contribution in [1.29, 1.82) is 0 Å². The van der Waals surface area contributed by atoms with E-state index in [-0.39, 0.29) is 11.7 Å². The molecule has 0 rings (SSSR count). The molecule has 0 aliphatic heterocycles. The van der Waals surface area contributed by atoms with Gasteiger partial charge in [0.1, 0.15) is 16.8 Å². The maximum absolute atomic E-state index is 12.4. The van der Waals surface area contributed by atoms with E-state index in [0.29, 0.717) is 19.3 Å². The summed E-state index contributed by atoms with van der Waals surface area (Å²) in [5.74, 6) is -0.943. The SMILES string of the molecule is C=CC(=O)NC(C)(C)CCCC(C)(C(C)=O)C(=O)OC(C)(C)C. The first-order valence-electron chi connectivity index (χ1n) is 7.92. The van der Waals surface area contributed by atoms with Crippen molar-refractivity contribution in [3.05, 3.63) is 12.7 Å². The third kappa shape index (κ3) is 7.44. The van der Waals surface area contributed by atoms with E-state index in [0.717, 1.165) is 0 Å². The molecule has 5 heteroatoms. The van der Waals surface area contributed by atoms with Gasteiger partial charge in [-0.3, -0.25) is 14.4 Å². The number of esters is 1. The Morgan fingerprint density at radius 1 is 1.04 bits per heavy atom. The summed E-state index contributed by atoms with van der Waals surface area (Å²) < 4.78 is 5.39. The second-order valence-electron chi connectivity index (χ2n) is 7.82. The van der Waals surface area contributed by atoms with Gasteiger partial charge in [-0.05, 0) is 73.8 Å². The molecule has 132 valence electrons. The van der Waals surface area contributed by atoms with Gasteiger partial charge in [-0.15, -0.1) is 0 Å². The van der Waals surface area contributed by atoms with E-state index in [1.54, 1.807) is 27.7 Å². The van der Waals surface area contributed by atoms with E-state index in [9.17, 15) is 14.4 Å². The molecule has 0 aliphatic rings. The molecule has 1 unspecified atom stereocenters. The number of ketones is 1. The molecular weight excluding hydrogens is 294 g/mol. The second kappa shape index (κ2) is 7.75. The zero-order valence-corrected chi connectivity index (χ0v) is 15.5. The molecule has 0 saturated heterocycles. The fourth-order valence-corrected chi connectivity index (χ4v) is 2.14. The number of nitrogens with one attached hydrogen (secondary N) is 1. The van der Waals surface area contributed by atoms with Crippen molar-refractivity contribution in [3.8, 4) is 0 Å². The van der Waals surface area contributed by atoms with Crippen LogP contribution < -0.4 is 5.32 Å². The lowest BCUT2D eigenvalue weighted by atomic mass is 9.79. The van der Waals surface area contributed by atoms with Crippen molar-refractivity contribution in [3.63, 3.8) is 0 Å². The summed E-state index contributed by atoms with van der Waals surface area (Å²) >= 11 is 0. The van der Waals surface area contributed by atoms with Crippen LogP contribution in [0.5, 0.6) is 0 Å². The Kier molecular flexibility index (Phi) is 7.20. The Morgan fingerprint density at radius 3 is 1.96 bits per heavy atom. The number of ether oxygens (including phenoxy) is 1. The smallest absolute Gasteiger partial charge is 0.319 e. The number of carbonyl (C=O) groups is 3. The van der Waals surface area contributed by atoms with Gasteiger partial charge in [-0.25, -0.2) is 0 Å². The molecule has 0 heterocycles. The predicted octanol–water partition coefficient (Wildman–Crippen LogP) is 3.17. The van der Waals surface area contributed by atoms with Crippen molar-refractivity contribution >= 4 is 17.7 Å². The minimum atomic E-state index is -1.16. The largest absolute Gasteiger partial charge is 0.459 e. The molecule has 0 fully saturated rings. The number of hydrogen-bond donors (Lipinski definition) is 1. The van der Waals surface area contributed by atoms with E-state index < -0.39 is 22.5 Å². The Morgan fingerprint density at radius 2 is 1.57 bits per heavy atom. The lowest BCUT2D eigenvalue weighted by Gasteiger charge is -2.31. The molecule has 0 saturated carbocycles. The summed E-state index contributed by atoms with van der Waals surface area (Å²) in [6, 6.07) is 0. The quantitative estimate of drug-likeness (QED) is 0.423. The maximum atomic E-state index is 12.4. The molecule has 0 aromatic carbocycles. The van der Waals surface area contributed by atoms with E-state index in [2.05, 4.69) is 11.9 Å². The number of amides is 1. The summed E-state index contributed by atoms with van der Waals surface area (Å²) in [7, 11) is 0. The summed E-state index contributed by atoms with van der Waals surface area (Å²) in [6.07, 6.45) is 2.85. The fourth-order valence-electron chi connectivity index (χ4n) is 2.14. The molecule has 0 bridgehead atoms. The highest BCUT2D eigenvalue weighted by Gasteiger charge is 2.41. The Labute approximate surface area is 139 Å². The van der Waals surface area contributed by atoms with Crippen molar-refractivity contribution in [2.24, 2.45) is 5.41 Å². The van der Waals surface area contributed by atoms with Gasteiger partial charge in [0.2, 0.25) is 5.91 Å². The maximum Gasteiger partial charge on any atom is 0.319 e. The summed E-state index contributed by atoms with van der Waals surface area (Å²) in [4.78, 5) is 35.8. The molecule has 1 N–H and O–H groups in total. The Balaban J connectivity index is 4.84. The highest BCUT2D eigenvalue weighted by atomic mass is 16.6. The molecule has 0 aliphatic carbocycles. The summed E-state index contributed by atoms with van der Waals surface area (Å²) in [6.45, 7) is 15.6. The molecule has 0 spiro atoms. The van der Waals surface area contributed by atoms with Gasteiger partial charge in [0, 0.05) is 5.54 Å². The van der Waals surface area contributed by atoms with Gasteiger partial charge in [0.25, 0.3) is 0 Å². The van der Waals surface area contributed by atoms with Crippen LogP contribution in [0.15, 0.2) is 12.7 Å². The number of carbonyl (C=O) groups excluding carboxylic acids is 3. The second-order valence-corrected chi connectivity index (χ2v) is 7.82. The van der Waals surface area contributed by atoms with Crippen LogP contribution in [0.1, 0.15) is 67.7 Å². The van der Waals surface area contributed by atoms with Crippen LogP contribution in [0.2, 0.25) is 0 Å². The molecule has 1 amide bonds. The van der Waals surface area contributed by atoms with Crippen LogP contribution in [0, 0.1) is 5.41 Å². The van der Waals surface area contributed by atoms with Crippen molar-refractivity contribution in [1.82, 2.24) is 5.32 Å². The monoisotopic (exact) mass is 325 g/mol. The highest BCUT2D eigenvalue weighted by molar-refractivity contribution is 6.02. The molecule has 1 atom stereocenters. The van der Waals surface area contributed by atoms with Crippen LogP contribution in [-0.4, -0.2) is 28.8 Å². The van der Waals surface area contributed by atoms with Crippen LogP contribution >= 0.6 is 0 Å². The highest BCUT2D eigenvalue weighted by Crippen LogP contribution is 2.30. The lowest BCUT2D eigenvalue weighted by molar-refractivity contribution is -0.169. The van der Waals surface area contributed by atoms with Gasteiger partial charge in [-0.2, -0.15) is 0 Å². The molecule has 0 aromatic rings. The lowest BCUT2D eigenvalue weighted by Crippen LogP contribution is -2.44. The minimum absolute atomic E-state index is 0.209. The first-order valence-corrected chi connectivity index (χ1v) is 7.92. The van der Waals surface area contributed by atoms with E-state index >= 15 is 0 Å². The van der Waals surface area contributed by atoms with Gasteiger partial charge in [0.15, 0.2) is 0 Å². The van der Waals surface area contributed by atoms with Gasteiger partial charge >= 0.3 is 5.97 Å². The summed E-state index contributed by atoms with van der Waals surface area (Å²) in [5.41, 5.74) is -2.23. The minimum Gasteiger partial charge on any atom is -0.459 e. The zero-order valence-electron chi connectivity index (χ0n) is 15.5. The Bertz CT molecular complexity index is 474. The zero-order chi connectivity index (χ0) is 18.5. The van der Waals surface area contributed by atoms with E-state index in [1.807, 2.05) is 13.8 Å². The van der Waals surface area contributed by atoms with Gasteiger partial charge < -0.3 is 10.1 Å². The first-order chi connectivity index (χ1) is 10.2. The third-order valence-electron chi connectivity index (χ3n) is 3.75. The normalized spacial score (nSPS) is 14.6. The van der Waals surface area contributed by atoms with Crippen molar-refractivity contribution in [2.75, 3.05) is 0 Å². The molecule has 23 heavy (non-hydrogen) atoms. The average Bonchev–Trinajstić information content (AvgIpc) is 2.35. The fraction of sp³-hybridized carbons (Fsp3) is 0.722. The van der Waals surface area contributed by atoms with E-state index in [1.165, 1.54) is 13.0 Å². The third-order valence-corrected chi connectivity index (χ3v) is 3.75.